The summed E-state index contributed by atoms with van der Waals surface area (Å²) < 4.78 is 5.81. The maximum Gasteiger partial charge on any atom is 0.119 e. The summed E-state index contributed by atoms with van der Waals surface area (Å²) in [4.78, 5) is 0. The van der Waals surface area contributed by atoms with E-state index in [9.17, 15) is 0 Å². The Morgan fingerprint density at radius 1 is 1.17 bits per heavy atom. The van der Waals surface area contributed by atoms with Crippen LogP contribution in [-0.4, -0.2) is 19.2 Å². The van der Waals surface area contributed by atoms with Gasteiger partial charge in [-0.2, -0.15) is 0 Å². The van der Waals surface area contributed by atoms with Gasteiger partial charge in [0.2, 0.25) is 0 Å². The number of para-hydroxylation sites is 1. The first-order valence-electron chi connectivity index (χ1n) is 7.31. The molecule has 2 rings (SSSR count). The topological polar surface area (TPSA) is 21.3 Å². The van der Waals surface area contributed by atoms with Gasteiger partial charge in [0, 0.05) is 6.04 Å². The van der Waals surface area contributed by atoms with Crippen LogP contribution in [0.25, 0.3) is 0 Å². The van der Waals surface area contributed by atoms with E-state index >= 15 is 0 Å². The maximum absolute atomic E-state index is 5.81. The number of ether oxygens (including phenoxy) is 1. The minimum Gasteiger partial charge on any atom is -0.494 e. The van der Waals surface area contributed by atoms with Crippen molar-refractivity contribution < 1.29 is 4.74 Å². The van der Waals surface area contributed by atoms with Crippen molar-refractivity contribution in [2.24, 2.45) is 5.92 Å². The molecule has 0 radical (unpaired) electrons. The van der Waals surface area contributed by atoms with Crippen molar-refractivity contribution in [1.82, 2.24) is 5.32 Å². The fourth-order valence-electron chi connectivity index (χ4n) is 2.93. The molecular weight excluding hydrogens is 222 g/mol. The lowest BCUT2D eigenvalue weighted by molar-refractivity contribution is 0.205. The summed E-state index contributed by atoms with van der Waals surface area (Å²) in [7, 11) is 0. The van der Waals surface area contributed by atoms with Crippen LogP contribution in [0.3, 0.4) is 0 Å². The van der Waals surface area contributed by atoms with E-state index in [-0.39, 0.29) is 0 Å². The Balaban J connectivity index is 1.74. The van der Waals surface area contributed by atoms with E-state index in [4.69, 9.17) is 4.74 Å². The molecule has 1 saturated carbocycles. The Morgan fingerprint density at radius 3 is 2.72 bits per heavy atom. The number of nitrogens with one attached hydrogen (secondary N) is 1. The zero-order valence-electron chi connectivity index (χ0n) is 11.4. The van der Waals surface area contributed by atoms with E-state index in [2.05, 4.69) is 12.2 Å². The van der Waals surface area contributed by atoms with Gasteiger partial charge in [-0.15, -0.1) is 0 Å². The molecule has 1 aromatic rings. The van der Waals surface area contributed by atoms with E-state index < -0.39 is 0 Å². The Bertz CT molecular complexity index is 323. The Morgan fingerprint density at radius 2 is 1.94 bits per heavy atom. The first kappa shape index (κ1) is 13.4. The van der Waals surface area contributed by atoms with E-state index in [1.165, 1.54) is 32.1 Å². The number of rotatable bonds is 6. The molecule has 2 unspecified atom stereocenters. The van der Waals surface area contributed by atoms with Crippen molar-refractivity contribution in [1.29, 1.82) is 0 Å². The van der Waals surface area contributed by atoms with Gasteiger partial charge in [-0.1, -0.05) is 38.0 Å². The van der Waals surface area contributed by atoms with Crippen LogP contribution in [-0.2, 0) is 0 Å². The van der Waals surface area contributed by atoms with Gasteiger partial charge in [-0.05, 0) is 43.9 Å². The molecule has 1 aliphatic rings. The van der Waals surface area contributed by atoms with Gasteiger partial charge in [0.15, 0.2) is 0 Å². The summed E-state index contributed by atoms with van der Waals surface area (Å²) >= 11 is 0. The molecule has 2 heteroatoms. The second kappa shape index (κ2) is 7.42. The highest BCUT2D eigenvalue weighted by atomic mass is 16.5. The molecule has 1 N–H and O–H groups in total. The first-order valence-corrected chi connectivity index (χ1v) is 7.31. The number of hydrogen-bond donors (Lipinski definition) is 1. The fourth-order valence-corrected chi connectivity index (χ4v) is 2.93. The second-order valence-corrected chi connectivity index (χ2v) is 5.16. The van der Waals surface area contributed by atoms with Gasteiger partial charge in [0.25, 0.3) is 0 Å². The molecule has 0 amide bonds. The Hall–Kier alpha value is -1.02. The zero-order valence-corrected chi connectivity index (χ0v) is 11.4. The van der Waals surface area contributed by atoms with Gasteiger partial charge >= 0.3 is 0 Å². The smallest absolute Gasteiger partial charge is 0.119 e. The lowest BCUT2D eigenvalue weighted by atomic mass is 9.82. The molecule has 0 aliphatic heterocycles. The highest BCUT2D eigenvalue weighted by molar-refractivity contribution is 5.20. The standard InChI is InChI=1S/C16H25NO/c1-2-17-16-11-7-6-8-14(16)12-13-18-15-9-4-3-5-10-15/h3-5,9-10,14,16-17H,2,6-8,11-13H2,1H3. The third-order valence-electron chi connectivity index (χ3n) is 3.88. The van der Waals surface area contributed by atoms with Crippen LogP contribution >= 0.6 is 0 Å². The molecule has 1 aliphatic carbocycles. The molecular formula is C16H25NO. The van der Waals surface area contributed by atoms with Crippen LogP contribution in [0.4, 0.5) is 0 Å². The largest absolute Gasteiger partial charge is 0.494 e. The highest BCUT2D eigenvalue weighted by Gasteiger charge is 2.23. The Labute approximate surface area is 111 Å². The van der Waals surface area contributed by atoms with Crippen LogP contribution in [0.15, 0.2) is 30.3 Å². The van der Waals surface area contributed by atoms with E-state index in [1.54, 1.807) is 0 Å². The van der Waals surface area contributed by atoms with Crippen molar-refractivity contribution in [3.8, 4) is 5.75 Å². The normalized spacial score (nSPS) is 23.8. The van der Waals surface area contributed by atoms with Crippen LogP contribution in [0.1, 0.15) is 39.0 Å². The third kappa shape index (κ3) is 4.02. The van der Waals surface area contributed by atoms with Crippen molar-refractivity contribution in [3.05, 3.63) is 30.3 Å². The molecule has 1 fully saturated rings. The van der Waals surface area contributed by atoms with Crippen molar-refractivity contribution in [3.63, 3.8) is 0 Å². The van der Waals surface area contributed by atoms with E-state index in [1.807, 2.05) is 30.3 Å². The average Bonchev–Trinajstić information content (AvgIpc) is 2.42. The lowest BCUT2D eigenvalue weighted by Gasteiger charge is -2.32. The molecule has 0 heterocycles. The van der Waals surface area contributed by atoms with E-state index in [0.29, 0.717) is 6.04 Å². The van der Waals surface area contributed by atoms with Crippen LogP contribution in [0, 0.1) is 5.92 Å². The van der Waals surface area contributed by atoms with Gasteiger partial charge in [0.1, 0.15) is 5.75 Å². The molecule has 0 saturated heterocycles. The fraction of sp³-hybridized carbons (Fsp3) is 0.625. The summed E-state index contributed by atoms with van der Waals surface area (Å²) in [6.45, 7) is 4.13. The van der Waals surface area contributed by atoms with E-state index in [0.717, 1.165) is 24.8 Å². The van der Waals surface area contributed by atoms with Crippen molar-refractivity contribution >= 4 is 0 Å². The number of benzene rings is 1. The molecule has 0 bridgehead atoms. The summed E-state index contributed by atoms with van der Waals surface area (Å²) in [6.07, 6.45) is 6.64. The van der Waals surface area contributed by atoms with Crippen LogP contribution in [0.2, 0.25) is 0 Å². The van der Waals surface area contributed by atoms with Crippen molar-refractivity contribution in [2.45, 2.75) is 45.1 Å². The maximum atomic E-state index is 5.81. The molecule has 0 spiro atoms. The summed E-state index contributed by atoms with van der Waals surface area (Å²) in [6, 6.07) is 10.8. The summed E-state index contributed by atoms with van der Waals surface area (Å²) in [5.74, 6) is 1.79. The summed E-state index contributed by atoms with van der Waals surface area (Å²) in [5, 5.41) is 3.63. The highest BCUT2D eigenvalue weighted by Crippen LogP contribution is 2.27. The van der Waals surface area contributed by atoms with Gasteiger partial charge in [0.05, 0.1) is 6.61 Å². The third-order valence-corrected chi connectivity index (χ3v) is 3.88. The molecule has 2 nitrogen and oxygen atoms in total. The Kier molecular flexibility index (Phi) is 5.53. The minimum atomic E-state index is 0.711. The van der Waals surface area contributed by atoms with Crippen molar-refractivity contribution in [2.75, 3.05) is 13.2 Å². The van der Waals surface area contributed by atoms with Crippen LogP contribution in [0.5, 0.6) is 5.75 Å². The monoisotopic (exact) mass is 247 g/mol. The lowest BCUT2D eigenvalue weighted by Crippen LogP contribution is -2.39. The van der Waals surface area contributed by atoms with Gasteiger partial charge in [-0.3, -0.25) is 0 Å². The SMILES string of the molecule is CCNC1CCCCC1CCOc1ccccc1. The predicted molar refractivity (Wildman–Crippen MR) is 76.0 cm³/mol. The molecule has 100 valence electrons. The predicted octanol–water partition coefficient (Wildman–Crippen LogP) is 3.62. The van der Waals surface area contributed by atoms with Gasteiger partial charge < -0.3 is 10.1 Å². The molecule has 18 heavy (non-hydrogen) atoms. The van der Waals surface area contributed by atoms with Crippen LogP contribution < -0.4 is 10.1 Å². The number of hydrogen-bond acceptors (Lipinski definition) is 2. The first-order chi connectivity index (χ1) is 8.90. The minimum absolute atomic E-state index is 0.711. The average molecular weight is 247 g/mol. The van der Waals surface area contributed by atoms with Gasteiger partial charge in [-0.25, -0.2) is 0 Å². The zero-order chi connectivity index (χ0) is 12.6. The second-order valence-electron chi connectivity index (χ2n) is 5.16. The molecule has 1 aromatic carbocycles. The molecule has 0 aromatic heterocycles. The molecule has 2 atom stereocenters. The summed E-state index contributed by atoms with van der Waals surface area (Å²) in [5.41, 5.74) is 0. The quantitative estimate of drug-likeness (QED) is 0.829.